The Morgan fingerprint density at radius 3 is 2.22 bits per heavy atom. The van der Waals surface area contributed by atoms with E-state index < -0.39 is 35.4 Å². The zero-order chi connectivity index (χ0) is 34.8. The number of aromatic nitrogens is 4. The lowest BCUT2D eigenvalue weighted by molar-refractivity contribution is 0.414. The first-order valence-electron chi connectivity index (χ1n) is 15.0. The Hall–Kier alpha value is -5.23. The van der Waals surface area contributed by atoms with Crippen molar-refractivity contribution in [2.45, 2.75) is 29.3 Å². The van der Waals surface area contributed by atoms with Gasteiger partial charge in [0.2, 0.25) is 21.8 Å². The maximum Gasteiger partial charge on any atom is 0.242 e. The second-order valence-corrected chi connectivity index (χ2v) is 14.8. The molecule has 15 nitrogen and oxygen atoms in total. The zero-order valence-corrected chi connectivity index (χ0v) is 28.2. The highest BCUT2D eigenvalue weighted by Gasteiger charge is 2.34. The van der Waals surface area contributed by atoms with Crippen LogP contribution in [0.25, 0.3) is 17.0 Å². The Morgan fingerprint density at radius 1 is 0.898 bits per heavy atom. The number of nitrogens with zero attached hydrogens (tertiary/aromatic N) is 6. The number of rotatable bonds is 13. The summed E-state index contributed by atoms with van der Waals surface area (Å²) in [6.45, 7) is -0.187. The number of methoxy groups -OCH3 is 2. The molecular formula is C32H33N9O6S2. The van der Waals surface area contributed by atoms with Gasteiger partial charge in [0, 0.05) is 19.5 Å². The standard InChI is InChI=1S/C32H33N9O6S2/c1-46-23-8-3-20(4-9-23)18-35-49(44,45)30-28(48(42,43)16-15-33)14-12-25(22-7-13-26-27(17-22)37-32(34)36-26)29(30)31-38-40-41(39-31)19-21-5-10-24(47-2)11-6-21/h3-12,14,17,35H,13,15-16,18-19,33H2,1-2H3,(H2,34,37). The number of guanidine groups is 1. The van der Waals surface area contributed by atoms with E-state index >= 15 is 0 Å². The van der Waals surface area contributed by atoms with Crippen molar-refractivity contribution in [2.75, 3.05) is 26.5 Å². The monoisotopic (exact) mass is 703 g/mol. The molecule has 0 unspecified atom stereocenters. The quantitative estimate of drug-likeness (QED) is 0.183. The summed E-state index contributed by atoms with van der Waals surface area (Å²) in [5.74, 6) is 0.770. The lowest BCUT2D eigenvalue weighted by Crippen LogP contribution is -2.27. The number of hydrogen-bond donors (Lipinski definition) is 3. The van der Waals surface area contributed by atoms with Crippen LogP contribution in [0.2, 0.25) is 0 Å². The SMILES string of the molecule is COc1ccc(CNS(=O)(=O)c2c(S(=O)(=O)CCN)ccc(C3=CCC4=NC(N)=NC4=C3)c2-c2nnn(Cc3ccc(OC)cc3)n2)cc1. The highest BCUT2D eigenvalue weighted by molar-refractivity contribution is 7.93. The maximum atomic E-state index is 14.4. The summed E-state index contributed by atoms with van der Waals surface area (Å²) in [4.78, 5) is 8.85. The molecule has 4 aromatic rings. The summed E-state index contributed by atoms with van der Waals surface area (Å²) in [7, 11) is -5.70. The minimum atomic E-state index is -4.58. The van der Waals surface area contributed by atoms with E-state index in [0.29, 0.717) is 46.0 Å². The molecule has 0 atom stereocenters. The number of aliphatic imine (C=N–C) groups is 2. The van der Waals surface area contributed by atoms with Crippen molar-refractivity contribution in [3.8, 4) is 22.9 Å². The number of hydrogen-bond acceptors (Lipinski definition) is 13. The molecule has 2 heterocycles. The molecule has 3 aromatic carbocycles. The van der Waals surface area contributed by atoms with Gasteiger partial charge < -0.3 is 20.9 Å². The van der Waals surface area contributed by atoms with Crippen LogP contribution >= 0.6 is 0 Å². The number of nitrogens with one attached hydrogen (secondary N) is 1. The summed E-state index contributed by atoms with van der Waals surface area (Å²) in [5.41, 5.74) is 14.9. The summed E-state index contributed by atoms with van der Waals surface area (Å²) in [6.07, 6.45) is 3.89. The van der Waals surface area contributed by atoms with E-state index in [1.54, 1.807) is 49.6 Å². The molecule has 1 aliphatic carbocycles. The van der Waals surface area contributed by atoms with Crippen molar-refractivity contribution in [3.05, 3.63) is 95.2 Å². The molecule has 2 aliphatic rings. The molecule has 0 saturated heterocycles. The number of nitrogens with two attached hydrogens (primary N) is 2. The van der Waals surface area contributed by atoms with E-state index in [2.05, 4.69) is 30.1 Å². The van der Waals surface area contributed by atoms with Gasteiger partial charge in [0.15, 0.2) is 9.84 Å². The van der Waals surface area contributed by atoms with E-state index in [1.165, 1.54) is 24.0 Å². The number of fused-ring (bicyclic) bond motifs is 1. The van der Waals surface area contributed by atoms with E-state index in [-0.39, 0.29) is 37.0 Å². The lowest BCUT2D eigenvalue weighted by atomic mass is 9.93. The van der Waals surface area contributed by atoms with Crippen LogP contribution < -0.4 is 25.7 Å². The zero-order valence-electron chi connectivity index (χ0n) is 26.6. The van der Waals surface area contributed by atoms with Gasteiger partial charge in [-0.2, -0.15) is 4.80 Å². The van der Waals surface area contributed by atoms with Gasteiger partial charge in [0.25, 0.3) is 0 Å². The predicted octanol–water partition coefficient (Wildman–Crippen LogP) is 2.06. The average Bonchev–Trinajstić information content (AvgIpc) is 3.72. The van der Waals surface area contributed by atoms with Crippen LogP contribution in [0.3, 0.4) is 0 Å². The van der Waals surface area contributed by atoms with Gasteiger partial charge in [-0.15, -0.1) is 10.2 Å². The van der Waals surface area contributed by atoms with E-state index in [1.807, 2.05) is 18.2 Å². The molecule has 0 radical (unpaired) electrons. The molecule has 0 saturated carbocycles. The fraction of sp³-hybridized carbons (Fsp3) is 0.219. The van der Waals surface area contributed by atoms with Crippen LogP contribution in [0.5, 0.6) is 11.5 Å². The highest BCUT2D eigenvalue weighted by Crippen LogP contribution is 2.40. The molecule has 49 heavy (non-hydrogen) atoms. The Morgan fingerprint density at radius 2 is 1.57 bits per heavy atom. The average molecular weight is 704 g/mol. The van der Waals surface area contributed by atoms with Crippen LogP contribution in [0, 0.1) is 0 Å². The molecule has 1 aromatic heterocycles. The van der Waals surface area contributed by atoms with Gasteiger partial charge in [-0.1, -0.05) is 36.4 Å². The summed E-state index contributed by atoms with van der Waals surface area (Å²) < 4.78 is 69.1. The van der Waals surface area contributed by atoms with Gasteiger partial charge in [0.05, 0.1) is 48.4 Å². The van der Waals surface area contributed by atoms with Crippen LogP contribution in [0.4, 0.5) is 0 Å². The van der Waals surface area contributed by atoms with Crippen molar-refractivity contribution in [1.29, 1.82) is 0 Å². The van der Waals surface area contributed by atoms with Crippen LogP contribution in [-0.4, -0.2) is 75.2 Å². The van der Waals surface area contributed by atoms with Crippen molar-refractivity contribution >= 4 is 37.1 Å². The van der Waals surface area contributed by atoms with Crippen LogP contribution in [-0.2, 0) is 33.0 Å². The molecule has 0 fully saturated rings. The first-order valence-corrected chi connectivity index (χ1v) is 18.1. The largest absolute Gasteiger partial charge is 0.497 e. The minimum Gasteiger partial charge on any atom is -0.497 e. The number of sulfonamides is 1. The summed E-state index contributed by atoms with van der Waals surface area (Å²) in [6, 6.07) is 16.8. The Balaban J connectivity index is 1.52. The minimum absolute atomic E-state index is 0.0558. The highest BCUT2D eigenvalue weighted by atomic mass is 32.2. The molecule has 17 heteroatoms. The second kappa shape index (κ2) is 13.7. The van der Waals surface area contributed by atoms with Gasteiger partial charge in [-0.05, 0) is 63.9 Å². The number of allylic oxidation sites excluding steroid dienone is 4. The fourth-order valence-electron chi connectivity index (χ4n) is 5.38. The summed E-state index contributed by atoms with van der Waals surface area (Å²) in [5, 5.41) is 13.0. The van der Waals surface area contributed by atoms with Crippen LogP contribution in [0.1, 0.15) is 23.1 Å². The van der Waals surface area contributed by atoms with Crippen molar-refractivity contribution in [3.63, 3.8) is 0 Å². The van der Waals surface area contributed by atoms with Gasteiger partial charge in [-0.25, -0.2) is 31.5 Å². The third-order valence-electron chi connectivity index (χ3n) is 7.80. The van der Waals surface area contributed by atoms with Crippen LogP contribution in [0.15, 0.2) is 98.3 Å². The first kappa shape index (κ1) is 33.7. The smallest absolute Gasteiger partial charge is 0.242 e. The molecule has 0 spiro atoms. The summed E-state index contributed by atoms with van der Waals surface area (Å²) >= 11 is 0. The number of benzene rings is 3. The Kier molecular flexibility index (Phi) is 9.42. The predicted molar refractivity (Wildman–Crippen MR) is 183 cm³/mol. The van der Waals surface area contributed by atoms with Crippen molar-refractivity contribution in [1.82, 2.24) is 24.9 Å². The maximum absolute atomic E-state index is 14.4. The molecule has 254 valence electrons. The molecular weight excluding hydrogens is 671 g/mol. The molecule has 6 rings (SSSR count). The first-order chi connectivity index (χ1) is 23.5. The van der Waals surface area contributed by atoms with E-state index in [4.69, 9.17) is 20.9 Å². The van der Waals surface area contributed by atoms with Gasteiger partial charge in [-0.3, -0.25) is 0 Å². The number of sulfone groups is 1. The van der Waals surface area contributed by atoms with E-state index in [0.717, 1.165) is 5.56 Å². The molecule has 5 N–H and O–H groups in total. The normalized spacial score (nSPS) is 14.4. The Labute approximate surface area is 283 Å². The Bertz CT molecular complexity index is 2240. The molecule has 1 aliphatic heterocycles. The number of tetrazole rings is 1. The van der Waals surface area contributed by atoms with Gasteiger partial charge >= 0.3 is 0 Å². The topological polar surface area (TPSA) is 219 Å². The molecule has 0 bridgehead atoms. The van der Waals surface area contributed by atoms with Gasteiger partial charge in [0.1, 0.15) is 16.4 Å². The van der Waals surface area contributed by atoms with Crippen molar-refractivity contribution in [2.24, 2.45) is 21.5 Å². The third kappa shape index (κ3) is 7.14. The second-order valence-electron chi connectivity index (χ2n) is 11.0. The van der Waals surface area contributed by atoms with Crippen molar-refractivity contribution < 1.29 is 26.3 Å². The number of ether oxygens (including phenoxy) is 2. The fourth-order valence-corrected chi connectivity index (χ4v) is 8.58. The molecule has 0 amide bonds. The van der Waals surface area contributed by atoms with E-state index in [9.17, 15) is 16.8 Å². The lowest BCUT2D eigenvalue weighted by Gasteiger charge is -2.20. The third-order valence-corrected chi connectivity index (χ3v) is 11.2.